The summed E-state index contributed by atoms with van der Waals surface area (Å²) < 4.78 is 0. The van der Waals surface area contributed by atoms with Crippen molar-refractivity contribution in [2.45, 2.75) is 13.1 Å². The van der Waals surface area contributed by atoms with Gasteiger partial charge in [-0.25, -0.2) is 9.97 Å². The third-order valence-electron chi connectivity index (χ3n) is 4.74. The van der Waals surface area contributed by atoms with Crippen LogP contribution in [0.15, 0.2) is 67.1 Å². The summed E-state index contributed by atoms with van der Waals surface area (Å²) in [5.41, 5.74) is 6.87. The normalized spacial score (nSPS) is 12.7. The molecular formula is C21H18N6. The van der Waals surface area contributed by atoms with Crippen LogP contribution in [0.25, 0.3) is 22.5 Å². The Morgan fingerprint density at radius 2 is 1.70 bits per heavy atom. The standard InChI is InChI=1S/C21H18N6/c1-2-16-10-22-11-17(16)9-15(1)21-23-8-7-20(27-21)26-19-5-3-14(4-6-19)18-12-24-25-13-18/h1-9,12-13,22H,10-11H2,(H,24,25)(H,23,26,27). The molecule has 0 saturated carbocycles. The van der Waals surface area contributed by atoms with E-state index in [0.29, 0.717) is 0 Å². The zero-order valence-electron chi connectivity index (χ0n) is 14.6. The van der Waals surface area contributed by atoms with Gasteiger partial charge in [0.15, 0.2) is 5.82 Å². The Morgan fingerprint density at radius 1 is 0.852 bits per heavy atom. The van der Waals surface area contributed by atoms with Gasteiger partial charge >= 0.3 is 0 Å². The first-order valence-corrected chi connectivity index (χ1v) is 8.87. The van der Waals surface area contributed by atoms with Crippen LogP contribution in [0.3, 0.4) is 0 Å². The van der Waals surface area contributed by atoms with Crippen molar-refractivity contribution >= 4 is 11.5 Å². The molecule has 0 unspecified atom stereocenters. The number of nitrogens with zero attached hydrogens (tertiary/aromatic N) is 3. The third kappa shape index (κ3) is 3.18. The molecule has 0 spiro atoms. The molecule has 2 aromatic heterocycles. The molecule has 0 atom stereocenters. The first kappa shape index (κ1) is 15.7. The van der Waals surface area contributed by atoms with Crippen LogP contribution in [0.2, 0.25) is 0 Å². The van der Waals surface area contributed by atoms with Crippen molar-refractivity contribution in [1.29, 1.82) is 0 Å². The minimum atomic E-state index is 0.727. The van der Waals surface area contributed by atoms with Gasteiger partial charge in [-0.05, 0) is 41.0 Å². The number of rotatable bonds is 4. The SMILES string of the molecule is c1cc(Nc2ccc(-c3cn[nH]c3)cc2)nc(-c2ccc3c(c2)CNC3)n1. The maximum atomic E-state index is 4.68. The highest BCUT2D eigenvalue weighted by molar-refractivity contribution is 5.67. The number of hydrogen-bond acceptors (Lipinski definition) is 5. The van der Waals surface area contributed by atoms with Crippen LogP contribution < -0.4 is 10.6 Å². The van der Waals surface area contributed by atoms with E-state index in [1.54, 1.807) is 6.20 Å². The maximum absolute atomic E-state index is 4.68. The molecule has 6 nitrogen and oxygen atoms in total. The molecule has 6 heteroatoms. The number of nitrogens with one attached hydrogen (secondary N) is 3. The van der Waals surface area contributed by atoms with Crippen molar-refractivity contribution < 1.29 is 0 Å². The largest absolute Gasteiger partial charge is 0.340 e. The molecule has 27 heavy (non-hydrogen) atoms. The predicted molar refractivity (Wildman–Crippen MR) is 105 cm³/mol. The second kappa shape index (κ2) is 6.66. The van der Waals surface area contributed by atoms with E-state index in [-0.39, 0.29) is 0 Å². The van der Waals surface area contributed by atoms with E-state index in [0.717, 1.165) is 47.1 Å². The zero-order valence-corrected chi connectivity index (χ0v) is 14.6. The molecule has 4 aromatic rings. The zero-order chi connectivity index (χ0) is 18.1. The van der Waals surface area contributed by atoms with Crippen LogP contribution >= 0.6 is 0 Å². The summed E-state index contributed by atoms with van der Waals surface area (Å²) in [5, 5.41) is 13.5. The van der Waals surface area contributed by atoms with Crippen LogP contribution in [0.5, 0.6) is 0 Å². The van der Waals surface area contributed by atoms with E-state index >= 15 is 0 Å². The molecule has 5 rings (SSSR count). The highest BCUT2D eigenvalue weighted by atomic mass is 15.1. The number of H-pyrrole nitrogens is 1. The Hall–Kier alpha value is -3.51. The monoisotopic (exact) mass is 354 g/mol. The van der Waals surface area contributed by atoms with E-state index in [1.807, 2.05) is 30.6 Å². The van der Waals surface area contributed by atoms with Crippen molar-refractivity contribution in [3.8, 4) is 22.5 Å². The minimum absolute atomic E-state index is 0.727. The average Bonchev–Trinajstić information content (AvgIpc) is 3.40. The lowest BCUT2D eigenvalue weighted by molar-refractivity contribution is 0.765. The van der Waals surface area contributed by atoms with Gasteiger partial charge in [-0.15, -0.1) is 0 Å². The van der Waals surface area contributed by atoms with E-state index in [2.05, 4.69) is 61.1 Å². The molecule has 0 aliphatic carbocycles. The summed E-state index contributed by atoms with van der Waals surface area (Å²) in [6.45, 7) is 1.84. The number of hydrogen-bond donors (Lipinski definition) is 3. The second-order valence-corrected chi connectivity index (χ2v) is 6.54. The van der Waals surface area contributed by atoms with Crippen molar-refractivity contribution in [1.82, 2.24) is 25.5 Å². The van der Waals surface area contributed by atoms with Crippen molar-refractivity contribution in [2.24, 2.45) is 0 Å². The second-order valence-electron chi connectivity index (χ2n) is 6.54. The number of aromatic amines is 1. The topological polar surface area (TPSA) is 78.5 Å². The minimum Gasteiger partial charge on any atom is -0.340 e. The van der Waals surface area contributed by atoms with Gasteiger partial charge in [0.25, 0.3) is 0 Å². The van der Waals surface area contributed by atoms with Crippen molar-refractivity contribution in [2.75, 3.05) is 5.32 Å². The van der Waals surface area contributed by atoms with Crippen LogP contribution in [0.4, 0.5) is 11.5 Å². The van der Waals surface area contributed by atoms with Crippen molar-refractivity contribution in [3.63, 3.8) is 0 Å². The van der Waals surface area contributed by atoms with Gasteiger partial charge in [-0.1, -0.05) is 24.3 Å². The van der Waals surface area contributed by atoms with Gasteiger partial charge < -0.3 is 10.6 Å². The molecule has 3 heterocycles. The van der Waals surface area contributed by atoms with Gasteiger partial charge in [0, 0.05) is 42.3 Å². The summed E-state index contributed by atoms with van der Waals surface area (Å²) in [6, 6.07) is 16.5. The highest BCUT2D eigenvalue weighted by Gasteiger charge is 2.12. The molecule has 1 aliphatic rings. The third-order valence-corrected chi connectivity index (χ3v) is 4.74. The predicted octanol–water partition coefficient (Wildman–Crippen LogP) is 3.88. The fourth-order valence-corrected chi connectivity index (χ4v) is 3.30. The lowest BCUT2D eigenvalue weighted by atomic mass is 10.1. The van der Waals surface area contributed by atoms with E-state index in [1.165, 1.54) is 11.1 Å². The molecule has 3 N–H and O–H groups in total. The van der Waals surface area contributed by atoms with E-state index in [4.69, 9.17) is 0 Å². The Morgan fingerprint density at radius 3 is 2.56 bits per heavy atom. The van der Waals surface area contributed by atoms with E-state index in [9.17, 15) is 0 Å². The molecule has 0 radical (unpaired) electrons. The van der Waals surface area contributed by atoms with Gasteiger partial charge in [0.05, 0.1) is 6.20 Å². The molecule has 2 aromatic carbocycles. The Kier molecular flexibility index (Phi) is 3.88. The number of fused-ring (bicyclic) bond motifs is 1. The van der Waals surface area contributed by atoms with Gasteiger partial charge in [-0.2, -0.15) is 5.10 Å². The van der Waals surface area contributed by atoms with Gasteiger partial charge in [-0.3, -0.25) is 5.10 Å². The first-order valence-electron chi connectivity index (χ1n) is 8.87. The summed E-state index contributed by atoms with van der Waals surface area (Å²) in [6.07, 6.45) is 5.48. The first-order chi connectivity index (χ1) is 13.3. The van der Waals surface area contributed by atoms with Crippen LogP contribution in [0, 0.1) is 0 Å². The summed E-state index contributed by atoms with van der Waals surface area (Å²) in [7, 11) is 0. The van der Waals surface area contributed by atoms with E-state index < -0.39 is 0 Å². The lowest BCUT2D eigenvalue weighted by Gasteiger charge is -2.08. The van der Waals surface area contributed by atoms with Gasteiger partial charge in [0.2, 0.25) is 0 Å². The number of anilines is 2. The molecule has 0 fully saturated rings. The number of benzene rings is 2. The maximum Gasteiger partial charge on any atom is 0.161 e. The Balaban J connectivity index is 1.38. The van der Waals surface area contributed by atoms with Crippen LogP contribution in [0.1, 0.15) is 11.1 Å². The summed E-state index contributed by atoms with van der Waals surface area (Å²) in [5.74, 6) is 1.50. The quantitative estimate of drug-likeness (QED) is 0.518. The van der Waals surface area contributed by atoms with Crippen LogP contribution in [-0.2, 0) is 13.1 Å². The molecule has 0 bridgehead atoms. The fraction of sp³-hybridized carbons (Fsp3) is 0.0952. The molecular weight excluding hydrogens is 336 g/mol. The lowest BCUT2D eigenvalue weighted by Crippen LogP contribution is -1.99. The molecule has 0 amide bonds. The molecule has 0 saturated heterocycles. The smallest absolute Gasteiger partial charge is 0.161 e. The Bertz CT molecular complexity index is 1070. The fourth-order valence-electron chi connectivity index (χ4n) is 3.30. The van der Waals surface area contributed by atoms with Crippen molar-refractivity contribution in [3.05, 3.63) is 78.2 Å². The summed E-state index contributed by atoms with van der Waals surface area (Å²) >= 11 is 0. The average molecular weight is 354 g/mol. The highest BCUT2D eigenvalue weighted by Crippen LogP contribution is 2.25. The number of aromatic nitrogens is 4. The molecule has 132 valence electrons. The Labute approximate surface area is 156 Å². The van der Waals surface area contributed by atoms with Gasteiger partial charge in [0.1, 0.15) is 5.82 Å². The molecule has 1 aliphatic heterocycles. The van der Waals surface area contributed by atoms with Crippen LogP contribution in [-0.4, -0.2) is 20.2 Å². The summed E-state index contributed by atoms with van der Waals surface area (Å²) in [4.78, 5) is 9.12.